The summed E-state index contributed by atoms with van der Waals surface area (Å²) in [6.45, 7) is 0. The van der Waals surface area contributed by atoms with E-state index in [4.69, 9.17) is 0 Å². The normalized spacial score (nSPS) is 45.4. The topological polar surface area (TPSA) is 34.1 Å². The summed E-state index contributed by atoms with van der Waals surface area (Å²) in [6.07, 6.45) is 11.1. The van der Waals surface area contributed by atoms with Crippen LogP contribution < -0.4 is 0 Å². The summed E-state index contributed by atoms with van der Waals surface area (Å²) in [6, 6.07) is 0. The first-order valence-corrected chi connectivity index (χ1v) is 8.25. The van der Waals surface area contributed by atoms with Gasteiger partial charge in [-0.05, 0) is 51.0 Å². The monoisotopic (exact) mass is 268 g/mol. The van der Waals surface area contributed by atoms with Crippen molar-refractivity contribution in [2.75, 3.05) is 0 Å². The lowest BCUT2D eigenvalue weighted by molar-refractivity contribution is -0.124. The highest BCUT2D eigenvalue weighted by Crippen LogP contribution is 2.70. The molecular formula is C18H20O2. The largest absolute Gasteiger partial charge is 0.298 e. The second-order valence-corrected chi connectivity index (χ2v) is 7.37. The molecule has 0 saturated heterocycles. The summed E-state index contributed by atoms with van der Waals surface area (Å²) in [5, 5.41) is 0. The van der Waals surface area contributed by atoms with Crippen molar-refractivity contribution in [3.05, 3.63) is 22.8 Å². The van der Waals surface area contributed by atoms with E-state index in [1.807, 2.05) is 6.08 Å². The van der Waals surface area contributed by atoms with Crippen LogP contribution in [0, 0.1) is 23.2 Å². The zero-order chi connectivity index (χ0) is 13.5. The Kier molecular flexibility index (Phi) is 2.02. The van der Waals surface area contributed by atoms with Gasteiger partial charge in [-0.25, -0.2) is 0 Å². The lowest BCUT2D eigenvalue weighted by Gasteiger charge is -2.45. The minimum Gasteiger partial charge on any atom is -0.298 e. The number of carbonyl (C=O) groups is 2. The van der Waals surface area contributed by atoms with Crippen molar-refractivity contribution in [2.45, 2.75) is 51.4 Å². The highest BCUT2D eigenvalue weighted by Gasteiger charge is 2.70. The third kappa shape index (κ3) is 1.03. The molecule has 0 aromatic rings. The summed E-state index contributed by atoms with van der Waals surface area (Å²) in [5.74, 6) is 0.787. The fourth-order valence-electron chi connectivity index (χ4n) is 6.26. The van der Waals surface area contributed by atoms with E-state index in [1.54, 1.807) is 0 Å². The predicted molar refractivity (Wildman–Crippen MR) is 75.0 cm³/mol. The molecule has 4 atom stereocenters. The van der Waals surface area contributed by atoms with E-state index in [9.17, 15) is 9.59 Å². The average Bonchev–Trinajstić information content (AvgIpc) is 3.00. The first kappa shape index (κ1) is 11.5. The minimum atomic E-state index is -0.0484. The first-order chi connectivity index (χ1) is 9.75. The van der Waals surface area contributed by atoms with E-state index in [0.29, 0.717) is 5.78 Å². The van der Waals surface area contributed by atoms with Gasteiger partial charge in [0.15, 0.2) is 5.78 Å². The summed E-state index contributed by atoms with van der Waals surface area (Å²) >= 11 is 0. The van der Waals surface area contributed by atoms with Crippen molar-refractivity contribution in [2.24, 2.45) is 23.2 Å². The van der Waals surface area contributed by atoms with Gasteiger partial charge in [0, 0.05) is 17.3 Å². The SMILES string of the molecule is O=C1[C@H]2C3=C(CCCC3)[C@@H]1[C@@]13CCCCC1=CC(=O)[C@H]23. The minimum absolute atomic E-state index is 0.00662. The molecule has 0 unspecified atom stereocenters. The molecule has 0 aromatic heterocycles. The molecule has 1 spiro atoms. The molecule has 2 fully saturated rings. The maximum atomic E-state index is 12.9. The Morgan fingerprint density at radius 3 is 2.55 bits per heavy atom. The lowest BCUT2D eigenvalue weighted by atomic mass is 9.57. The van der Waals surface area contributed by atoms with Crippen LogP contribution in [0.5, 0.6) is 0 Å². The summed E-state index contributed by atoms with van der Waals surface area (Å²) in [7, 11) is 0. The van der Waals surface area contributed by atoms with E-state index >= 15 is 0 Å². The van der Waals surface area contributed by atoms with Crippen molar-refractivity contribution >= 4 is 11.6 Å². The molecule has 0 radical (unpaired) electrons. The average molecular weight is 268 g/mol. The second kappa shape index (κ2) is 3.52. The van der Waals surface area contributed by atoms with E-state index < -0.39 is 0 Å². The van der Waals surface area contributed by atoms with Gasteiger partial charge in [0.1, 0.15) is 5.78 Å². The van der Waals surface area contributed by atoms with Crippen LogP contribution >= 0.6 is 0 Å². The van der Waals surface area contributed by atoms with Crippen molar-refractivity contribution in [3.8, 4) is 0 Å². The van der Waals surface area contributed by atoms with Gasteiger partial charge in [0.25, 0.3) is 0 Å². The van der Waals surface area contributed by atoms with Crippen molar-refractivity contribution < 1.29 is 9.59 Å². The van der Waals surface area contributed by atoms with E-state index in [1.165, 1.54) is 42.4 Å². The number of hydrogen-bond acceptors (Lipinski definition) is 2. The zero-order valence-electron chi connectivity index (χ0n) is 11.8. The molecule has 0 aromatic carbocycles. The third-order valence-electron chi connectivity index (χ3n) is 6.78. The quantitative estimate of drug-likeness (QED) is 0.631. The first-order valence-electron chi connectivity index (χ1n) is 8.25. The molecule has 0 amide bonds. The molecule has 5 aliphatic rings. The van der Waals surface area contributed by atoms with Gasteiger partial charge in [-0.2, -0.15) is 0 Å². The van der Waals surface area contributed by atoms with Gasteiger partial charge >= 0.3 is 0 Å². The molecule has 5 rings (SSSR count). The van der Waals surface area contributed by atoms with Crippen LogP contribution in [0.4, 0.5) is 0 Å². The smallest absolute Gasteiger partial charge is 0.160 e. The number of fused-ring (bicyclic) bond motifs is 5. The van der Waals surface area contributed by atoms with Crippen LogP contribution in [-0.2, 0) is 9.59 Å². The van der Waals surface area contributed by atoms with Crippen LogP contribution in [0.25, 0.3) is 0 Å². The second-order valence-electron chi connectivity index (χ2n) is 7.37. The summed E-state index contributed by atoms with van der Waals surface area (Å²) in [5.41, 5.74) is 4.17. The Bertz CT molecular complexity index is 609. The van der Waals surface area contributed by atoms with Gasteiger partial charge in [-0.1, -0.05) is 23.1 Å². The van der Waals surface area contributed by atoms with E-state index in [0.717, 1.165) is 25.7 Å². The number of Topliss-reactive ketones (excluding diaryl/α,β-unsaturated/α-hetero) is 1. The number of hydrogen-bond donors (Lipinski definition) is 0. The molecule has 2 bridgehead atoms. The highest BCUT2D eigenvalue weighted by atomic mass is 16.1. The molecule has 0 aliphatic heterocycles. The molecule has 2 nitrogen and oxygen atoms in total. The van der Waals surface area contributed by atoms with Gasteiger partial charge in [0.05, 0.1) is 5.92 Å². The van der Waals surface area contributed by atoms with Crippen molar-refractivity contribution in [3.63, 3.8) is 0 Å². The van der Waals surface area contributed by atoms with Crippen molar-refractivity contribution in [1.82, 2.24) is 0 Å². The molecule has 5 aliphatic carbocycles. The number of ketones is 2. The van der Waals surface area contributed by atoms with Crippen LogP contribution in [0.2, 0.25) is 0 Å². The Labute approximate surface area is 119 Å². The van der Waals surface area contributed by atoms with Crippen molar-refractivity contribution in [1.29, 1.82) is 0 Å². The Balaban J connectivity index is 1.74. The molecule has 0 N–H and O–H groups in total. The fraction of sp³-hybridized carbons (Fsp3) is 0.667. The van der Waals surface area contributed by atoms with Gasteiger partial charge in [0.2, 0.25) is 0 Å². The van der Waals surface area contributed by atoms with Gasteiger partial charge in [-0.3, -0.25) is 9.59 Å². The van der Waals surface area contributed by atoms with Gasteiger partial charge in [-0.15, -0.1) is 0 Å². The van der Waals surface area contributed by atoms with Crippen LogP contribution in [0.15, 0.2) is 22.8 Å². The predicted octanol–water partition coefficient (Wildman–Crippen LogP) is 3.37. The lowest BCUT2D eigenvalue weighted by Crippen LogP contribution is -2.40. The van der Waals surface area contributed by atoms with Crippen LogP contribution in [0.1, 0.15) is 51.4 Å². The number of carbonyl (C=O) groups excluding carboxylic acids is 2. The number of rotatable bonds is 0. The highest BCUT2D eigenvalue weighted by molar-refractivity contribution is 6.08. The Morgan fingerprint density at radius 1 is 0.950 bits per heavy atom. The molecule has 0 heterocycles. The molecule has 2 heteroatoms. The Hall–Kier alpha value is -1.18. The fourth-order valence-corrected chi connectivity index (χ4v) is 6.26. The molecular weight excluding hydrogens is 248 g/mol. The van der Waals surface area contributed by atoms with Crippen LogP contribution in [-0.4, -0.2) is 11.6 Å². The zero-order valence-corrected chi connectivity index (χ0v) is 11.8. The van der Waals surface area contributed by atoms with Crippen LogP contribution in [0.3, 0.4) is 0 Å². The standard InChI is InChI=1S/C18H20O2/c19-13-9-10-5-3-4-8-18(10)15-12-7-2-1-6-11(12)14(16(13)18)17(15)20/h9,14-16H,1-8H2/t14-,15-,16+,18+/m0/s1. The summed E-state index contributed by atoms with van der Waals surface area (Å²) < 4.78 is 0. The Morgan fingerprint density at radius 2 is 1.70 bits per heavy atom. The molecule has 104 valence electrons. The third-order valence-corrected chi connectivity index (χ3v) is 6.78. The van der Waals surface area contributed by atoms with Gasteiger partial charge < -0.3 is 0 Å². The van der Waals surface area contributed by atoms with E-state index in [-0.39, 0.29) is 29.0 Å². The molecule has 20 heavy (non-hydrogen) atoms. The number of allylic oxidation sites excluding steroid dienone is 4. The summed E-state index contributed by atoms with van der Waals surface area (Å²) in [4.78, 5) is 25.5. The maximum absolute atomic E-state index is 12.9. The maximum Gasteiger partial charge on any atom is 0.160 e. The van der Waals surface area contributed by atoms with E-state index in [2.05, 4.69) is 0 Å². The molecule has 2 saturated carbocycles.